The van der Waals surface area contributed by atoms with E-state index in [2.05, 4.69) is 13.8 Å². The lowest BCUT2D eigenvalue weighted by molar-refractivity contribution is -0.106. The molecule has 0 saturated carbocycles. The SMILES string of the molecule is CC=O.CCC(C)(O)CC(C)C. The lowest BCUT2D eigenvalue weighted by Crippen LogP contribution is -2.24. The van der Waals surface area contributed by atoms with E-state index in [4.69, 9.17) is 4.79 Å². The first kappa shape index (κ1) is 14.2. The van der Waals surface area contributed by atoms with Crippen molar-refractivity contribution in [1.82, 2.24) is 0 Å². The van der Waals surface area contributed by atoms with Crippen molar-refractivity contribution in [2.24, 2.45) is 5.92 Å². The third-order valence-electron chi connectivity index (χ3n) is 1.61. The summed E-state index contributed by atoms with van der Waals surface area (Å²) in [7, 11) is 0. The molecular weight excluding hydrogens is 152 g/mol. The Morgan fingerprint density at radius 2 is 1.83 bits per heavy atom. The molecular formula is C10H22O2. The number of carbonyl (C=O) groups excluding carboxylic acids is 1. The Hall–Kier alpha value is -0.370. The van der Waals surface area contributed by atoms with Gasteiger partial charge in [-0.25, -0.2) is 0 Å². The molecule has 74 valence electrons. The quantitative estimate of drug-likeness (QED) is 0.667. The molecule has 0 amide bonds. The second kappa shape index (κ2) is 7.29. The molecule has 0 aliphatic rings. The molecule has 0 saturated heterocycles. The van der Waals surface area contributed by atoms with Crippen LogP contribution in [0.1, 0.15) is 47.5 Å². The summed E-state index contributed by atoms with van der Waals surface area (Å²) in [4.78, 5) is 8.81. The second-order valence-electron chi connectivity index (χ2n) is 3.68. The number of aldehydes is 1. The van der Waals surface area contributed by atoms with Crippen LogP contribution in [0.5, 0.6) is 0 Å². The van der Waals surface area contributed by atoms with Crippen molar-refractivity contribution in [2.45, 2.75) is 53.1 Å². The summed E-state index contributed by atoms with van der Waals surface area (Å²) in [5.74, 6) is 0.597. The van der Waals surface area contributed by atoms with Crippen molar-refractivity contribution in [2.75, 3.05) is 0 Å². The highest BCUT2D eigenvalue weighted by Crippen LogP contribution is 2.18. The van der Waals surface area contributed by atoms with Crippen LogP contribution < -0.4 is 0 Å². The van der Waals surface area contributed by atoms with Gasteiger partial charge in [-0.1, -0.05) is 20.8 Å². The molecule has 0 radical (unpaired) electrons. The number of rotatable bonds is 3. The van der Waals surface area contributed by atoms with Crippen molar-refractivity contribution in [3.05, 3.63) is 0 Å². The minimum Gasteiger partial charge on any atom is -0.390 e. The van der Waals surface area contributed by atoms with Gasteiger partial charge in [0.1, 0.15) is 6.29 Å². The Kier molecular flexibility index (Phi) is 8.61. The van der Waals surface area contributed by atoms with Gasteiger partial charge in [0, 0.05) is 0 Å². The summed E-state index contributed by atoms with van der Waals surface area (Å²) < 4.78 is 0. The molecule has 12 heavy (non-hydrogen) atoms. The maximum Gasteiger partial charge on any atom is 0.116 e. The summed E-state index contributed by atoms with van der Waals surface area (Å²) in [6, 6.07) is 0. The van der Waals surface area contributed by atoms with E-state index in [1.54, 1.807) is 0 Å². The fraction of sp³-hybridized carbons (Fsp3) is 0.900. The molecule has 2 nitrogen and oxygen atoms in total. The maximum absolute atomic E-state index is 9.49. The van der Waals surface area contributed by atoms with Gasteiger partial charge in [-0.3, -0.25) is 0 Å². The fourth-order valence-corrected chi connectivity index (χ4v) is 1.02. The first-order chi connectivity index (χ1) is 5.39. The first-order valence-corrected chi connectivity index (χ1v) is 4.51. The zero-order valence-electron chi connectivity index (χ0n) is 8.92. The standard InChI is InChI=1S/C8H18O.C2H4O/c1-5-8(4,9)6-7(2)3;1-2-3/h7,9H,5-6H2,1-4H3;2H,1H3. The molecule has 0 aliphatic heterocycles. The minimum atomic E-state index is -0.436. The molecule has 0 heterocycles. The smallest absolute Gasteiger partial charge is 0.116 e. The molecule has 0 fully saturated rings. The van der Waals surface area contributed by atoms with Gasteiger partial charge < -0.3 is 9.90 Å². The highest BCUT2D eigenvalue weighted by Gasteiger charge is 2.18. The summed E-state index contributed by atoms with van der Waals surface area (Å²) in [6.07, 6.45) is 2.51. The Bertz CT molecular complexity index is 106. The molecule has 0 aromatic heterocycles. The predicted molar refractivity (Wildman–Crippen MR) is 52.1 cm³/mol. The van der Waals surface area contributed by atoms with Crippen molar-refractivity contribution in [1.29, 1.82) is 0 Å². The van der Waals surface area contributed by atoms with E-state index < -0.39 is 5.60 Å². The Balaban J connectivity index is 0. The van der Waals surface area contributed by atoms with Crippen LogP contribution in [-0.2, 0) is 4.79 Å². The van der Waals surface area contributed by atoms with Gasteiger partial charge in [0.2, 0.25) is 0 Å². The van der Waals surface area contributed by atoms with Crippen LogP contribution >= 0.6 is 0 Å². The van der Waals surface area contributed by atoms with Gasteiger partial charge in [-0.2, -0.15) is 0 Å². The van der Waals surface area contributed by atoms with E-state index in [9.17, 15) is 5.11 Å². The lowest BCUT2D eigenvalue weighted by atomic mass is 9.92. The van der Waals surface area contributed by atoms with Gasteiger partial charge in [-0.15, -0.1) is 0 Å². The fourth-order valence-electron chi connectivity index (χ4n) is 1.02. The third-order valence-corrected chi connectivity index (χ3v) is 1.61. The van der Waals surface area contributed by atoms with Gasteiger partial charge in [0.15, 0.2) is 0 Å². The molecule has 0 aliphatic carbocycles. The van der Waals surface area contributed by atoms with Crippen LogP contribution in [0.25, 0.3) is 0 Å². The third kappa shape index (κ3) is 12.3. The van der Waals surface area contributed by atoms with Crippen LogP contribution in [-0.4, -0.2) is 17.0 Å². The molecule has 1 unspecified atom stereocenters. The molecule has 0 aromatic carbocycles. The van der Waals surface area contributed by atoms with Crippen LogP contribution in [0.15, 0.2) is 0 Å². The maximum atomic E-state index is 9.49. The number of carbonyl (C=O) groups is 1. The molecule has 0 spiro atoms. The minimum absolute atomic E-state index is 0.436. The number of hydrogen-bond acceptors (Lipinski definition) is 2. The van der Waals surface area contributed by atoms with Crippen molar-refractivity contribution < 1.29 is 9.90 Å². The van der Waals surface area contributed by atoms with Gasteiger partial charge in [0.05, 0.1) is 5.60 Å². The first-order valence-electron chi connectivity index (χ1n) is 4.51. The monoisotopic (exact) mass is 174 g/mol. The van der Waals surface area contributed by atoms with Gasteiger partial charge in [-0.05, 0) is 32.6 Å². The molecule has 1 N–H and O–H groups in total. The van der Waals surface area contributed by atoms with Crippen molar-refractivity contribution in [3.63, 3.8) is 0 Å². The summed E-state index contributed by atoms with van der Waals surface area (Å²) in [5.41, 5.74) is -0.436. The topological polar surface area (TPSA) is 37.3 Å². The molecule has 2 heteroatoms. The van der Waals surface area contributed by atoms with E-state index in [1.807, 2.05) is 13.8 Å². The Labute approximate surface area is 76.0 Å². The lowest BCUT2D eigenvalue weighted by Gasteiger charge is -2.22. The second-order valence-corrected chi connectivity index (χ2v) is 3.68. The van der Waals surface area contributed by atoms with Crippen LogP contribution in [0, 0.1) is 5.92 Å². The van der Waals surface area contributed by atoms with Crippen LogP contribution in [0.2, 0.25) is 0 Å². The zero-order chi connectivity index (χ0) is 10.2. The van der Waals surface area contributed by atoms with Gasteiger partial charge in [0.25, 0.3) is 0 Å². The van der Waals surface area contributed by atoms with Crippen molar-refractivity contribution >= 4 is 6.29 Å². The van der Waals surface area contributed by atoms with E-state index in [1.165, 1.54) is 6.92 Å². The Morgan fingerprint density at radius 3 is 1.92 bits per heavy atom. The number of hydrogen-bond donors (Lipinski definition) is 1. The zero-order valence-corrected chi connectivity index (χ0v) is 8.92. The predicted octanol–water partition coefficient (Wildman–Crippen LogP) is 2.40. The summed E-state index contributed by atoms with van der Waals surface area (Å²) in [6.45, 7) is 9.61. The van der Waals surface area contributed by atoms with Gasteiger partial charge >= 0.3 is 0 Å². The number of aliphatic hydroxyl groups is 1. The van der Waals surface area contributed by atoms with E-state index in [0.29, 0.717) is 5.92 Å². The molecule has 0 aromatic rings. The normalized spacial score (nSPS) is 14.6. The Morgan fingerprint density at radius 1 is 1.50 bits per heavy atom. The molecule has 0 bridgehead atoms. The van der Waals surface area contributed by atoms with Crippen molar-refractivity contribution in [3.8, 4) is 0 Å². The largest absolute Gasteiger partial charge is 0.390 e. The van der Waals surface area contributed by atoms with E-state index >= 15 is 0 Å². The highest BCUT2D eigenvalue weighted by atomic mass is 16.3. The average Bonchev–Trinajstić information content (AvgIpc) is 1.87. The highest BCUT2D eigenvalue weighted by molar-refractivity contribution is 5.44. The molecule has 1 atom stereocenters. The summed E-state index contributed by atoms with van der Waals surface area (Å²) >= 11 is 0. The molecule has 0 rings (SSSR count). The average molecular weight is 174 g/mol. The summed E-state index contributed by atoms with van der Waals surface area (Å²) in [5, 5.41) is 9.49. The van der Waals surface area contributed by atoms with E-state index in [-0.39, 0.29) is 0 Å². The van der Waals surface area contributed by atoms with E-state index in [0.717, 1.165) is 19.1 Å². The van der Waals surface area contributed by atoms with Crippen LogP contribution in [0.3, 0.4) is 0 Å². The van der Waals surface area contributed by atoms with Crippen LogP contribution in [0.4, 0.5) is 0 Å².